The molecule has 1 unspecified atom stereocenters. The Bertz CT molecular complexity index is 925. The number of benzene rings is 3. The standard InChI is InChI=1S/C22H24.C4H10.C4H8.CH4/c1-4-5-6-9-16(2)22-17(3)12-14-20-19-11-8-7-10-18(19)13-15-21(20)22;1-4(2)3;1-3-4-2;/h5-8,10-16H,4,9H2,1-3H3;4H,1-3H3;3H,1,4H2,2H3;1H4/b6-5-;;;. The molecule has 0 aliphatic rings. The topological polar surface area (TPSA) is 0 Å². The second-order valence-corrected chi connectivity index (χ2v) is 8.62. The van der Waals surface area contributed by atoms with E-state index in [0.717, 1.165) is 25.2 Å². The molecule has 0 heteroatoms. The highest BCUT2D eigenvalue weighted by Crippen LogP contribution is 2.34. The van der Waals surface area contributed by atoms with Gasteiger partial charge in [0.2, 0.25) is 0 Å². The molecule has 31 heavy (non-hydrogen) atoms. The van der Waals surface area contributed by atoms with Crippen LogP contribution in [0.3, 0.4) is 0 Å². The Morgan fingerprint density at radius 2 is 1.35 bits per heavy atom. The van der Waals surface area contributed by atoms with Crippen LogP contribution in [0.15, 0.2) is 73.3 Å². The Balaban J connectivity index is 0.000000867. The van der Waals surface area contributed by atoms with E-state index in [1.807, 2.05) is 6.08 Å². The van der Waals surface area contributed by atoms with E-state index in [2.05, 4.69) is 116 Å². The van der Waals surface area contributed by atoms with E-state index < -0.39 is 0 Å². The third-order valence-electron chi connectivity index (χ3n) is 4.86. The summed E-state index contributed by atoms with van der Waals surface area (Å²) >= 11 is 0. The van der Waals surface area contributed by atoms with Crippen molar-refractivity contribution in [3.63, 3.8) is 0 Å². The molecule has 0 aromatic heterocycles. The van der Waals surface area contributed by atoms with Gasteiger partial charge in [0.15, 0.2) is 0 Å². The first-order chi connectivity index (χ1) is 14.4. The molecule has 0 saturated heterocycles. The number of rotatable bonds is 5. The summed E-state index contributed by atoms with van der Waals surface area (Å²) < 4.78 is 0. The van der Waals surface area contributed by atoms with Gasteiger partial charge in [-0.1, -0.05) is 116 Å². The third-order valence-corrected chi connectivity index (χ3v) is 4.86. The van der Waals surface area contributed by atoms with Crippen LogP contribution in [0.5, 0.6) is 0 Å². The van der Waals surface area contributed by atoms with E-state index >= 15 is 0 Å². The fourth-order valence-electron chi connectivity index (χ4n) is 3.46. The van der Waals surface area contributed by atoms with Crippen LogP contribution < -0.4 is 0 Å². The lowest BCUT2D eigenvalue weighted by Crippen LogP contribution is -1.97. The Hall–Kier alpha value is -2.34. The molecule has 1 atom stereocenters. The lowest BCUT2D eigenvalue weighted by Gasteiger charge is -2.17. The van der Waals surface area contributed by atoms with Crippen molar-refractivity contribution in [1.29, 1.82) is 0 Å². The van der Waals surface area contributed by atoms with Gasteiger partial charge >= 0.3 is 0 Å². The minimum atomic E-state index is 0. The minimum Gasteiger partial charge on any atom is -0.103 e. The first-order valence-corrected chi connectivity index (χ1v) is 11.5. The Morgan fingerprint density at radius 1 is 0.774 bits per heavy atom. The molecule has 0 N–H and O–H groups in total. The molecule has 0 fully saturated rings. The second kappa shape index (κ2) is 15.5. The molecule has 3 rings (SSSR count). The number of hydrogen-bond acceptors (Lipinski definition) is 0. The summed E-state index contributed by atoms with van der Waals surface area (Å²) in [5, 5.41) is 5.47. The average molecular weight is 419 g/mol. The Morgan fingerprint density at radius 3 is 1.94 bits per heavy atom. The minimum absolute atomic E-state index is 0. The first-order valence-electron chi connectivity index (χ1n) is 11.5. The SMILES string of the molecule is C.C=CCC.CC(C)C.CC/C=C\CC(C)c1c(C)ccc2c1ccc1ccccc12. The van der Waals surface area contributed by atoms with Gasteiger partial charge in [0.05, 0.1) is 0 Å². The van der Waals surface area contributed by atoms with Crippen LogP contribution >= 0.6 is 0 Å². The van der Waals surface area contributed by atoms with E-state index in [1.165, 1.54) is 32.7 Å². The smallest absolute Gasteiger partial charge is 0.0102 e. The largest absolute Gasteiger partial charge is 0.103 e. The van der Waals surface area contributed by atoms with Gasteiger partial charge in [0.25, 0.3) is 0 Å². The van der Waals surface area contributed by atoms with E-state index in [9.17, 15) is 0 Å². The molecule has 0 nitrogen and oxygen atoms in total. The summed E-state index contributed by atoms with van der Waals surface area (Å²) in [6.45, 7) is 18.8. The van der Waals surface area contributed by atoms with Gasteiger partial charge in [-0.3, -0.25) is 0 Å². The molecule has 0 radical (unpaired) electrons. The van der Waals surface area contributed by atoms with Crippen LogP contribution in [0.4, 0.5) is 0 Å². The number of aryl methyl sites for hydroxylation is 1. The summed E-state index contributed by atoms with van der Waals surface area (Å²) in [5.74, 6) is 1.38. The van der Waals surface area contributed by atoms with Gasteiger partial charge in [-0.25, -0.2) is 0 Å². The Labute approximate surface area is 193 Å². The first kappa shape index (κ1) is 28.7. The monoisotopic (exact) mass is 418 g/mol. The van der Waals surface area contributed by atoms with Gasteiger partial charge in [-0.15, -0.1) is 6.58 Å². The lowest BCUT2D eigenvalue weighted by molar-refractivity contribution is 0.737. The highest BCUT2D eigenvalue weighted by molar-refractivity contribution is 6.08. The molecule has 0 aliphatic heterocycles. The normalized spacial score (nSPS) is 11.4. The maximum atomic E-state index is 3.48. The van der Waals surface area contributed by atoms with Gasteiger partial charge in [0.1, 0.15) is 0 Å². The maximum Gasteiger partial charge on any atom is -0.0102 e. The molecule has 3 aromatic rings. The summed E-state index contributed by atoms with van der Waals surface area (Å²) in [6, 6.07) is 17.8. The molecule has 3 aromatic carbocycles. The van der Waals surface area contributed by atoms with Crippen molar-refractivity contribution in [2.75, 3.05) is 0 Å². The van der Waals surface area contributed by atoms with Crippen LogP contribution in [-0.2, 0) is 0 Å². The lowest BCUT2D eigenvalue weighted by atomic mass is 9.87. The molecule has 0 heterocycles. The van der Waals surface area contributed by atoms with Crippen LogP contribution in [0.2, 0.25) is 0 Å². The molecule has 0 saturated carbocycles. The zero-order chi connectivity index (χ0) is 22.5. The fraction of sp³-hybridized carbons (Fsp3) is 0.419. The van der Waals surface area contributed by atoms with E-state index in [4.69, 9.17) is 0 Å². The predicted octanol–water partition coefficient (Wildman–Crippen LogP) is 10.6. The molecule has 0 spiro atoms. The van der Waals surface area contributed by atoms with Crippen molar-refractivity contribution in [2.24, 2.45) is 5.92 Å². The summed E-state index contributed by atoms with van der Waals surface area (Å²) in [6.07, 6.45) is 9.78. The van der Waals surface area contributed by atoms with Crippen LogP contribution in [0, 0.1) is 12.8 Å². The predicted molar refractivity (Wildman–Crippen MR) is 146 cm³/mol. The molecule has 0 aliphatic carbocycles. The zero-order valence-corrected chi connectivity index (χ0v) is 20.3. The molecular formula is C31H46. The van der Waals surface area contributed by atoms with Gasteiger partial charge in [-0.2, -0.15) is 0 Å². The average Bonchev–Trinajstić information content (AvgIpc) is 2.73. The molecule has 0 amide bonds. The zero-order valence-electron chi connectivity index (χ0n) is 20.3. The van der Waals surface area contributed by atoms with E-state index in [1.54, 1.807) is 0 Å². The highest BCUT2D eigenvalue weighted by atomic mass is 14.2. The van der Waals surface area contributed by atoms with Crippen molar-refractivity contribution < 1.29 is 0 Å². The van der Waals surface area contributed by atoms with Gasteiger partial charge < -0.3 is 0 Å². The second-order valence-electron chi connectivity index (χ2n) is 8.62. The summed E-state index contributed by atoms with van der Waals surface area (Å²) in [5.41, 5.74) is 2.91. The van der Waals surface area contributed by atoms with Crippen molar-refractivity contribution >= 4 is 21.5 Å². The van der Waals surface area contributed by atoms with Gasteiger partial charge in [0, 0.05) is 0 Å². The summed E-state index contributed by atoms with van der Waals surface area (Å²) in [4.78, 5) is 0. The quantitative estimate of drug-likeness (QED) is 0.285. The number of hydrogen-bond donors (Lipinski definition) is 0. The van der Waals surface area contributed by atoms with Crippen molar-refractivity contribution in [2.45, 2.75) is 81.1 Å². The molecular weight excluding hydrogens is 372 g/mol. The fourth-order valence-corrected chi connectivity index (χ4v) is 3.46. The van der Waals surface area contributed by atoms with Crippen molar-refractivity contribution in [3.8, 4) is 0 Å². The van der Waals surface area contributed by atoms with Crippen molar-refractivity contribution in [3.05, 3.63) is 84.5 Å². The molecule has 0 bridgehead atoms. The highest BCUT2D eigenvalue weighted by Gasteiger charge is 2.12. The third kappa shape index (κ3) is 9.13. The van der Waals surface area contributed by atoms with Gasteiger partial charge in [-0.05, 0) is 70.7 Å². The molecule has 170 valence electrons. The summed E-state index contributed by atoms with van der Waals surface area (Å²) in [7, 11) is 0. The Kier molecular flexibility index (Phi) is 14.3. The van der Waals surface area contributed by atoms with E-state index in [0.29, 0.717) is 5.92 Å². The van der Waals surface area contributed by atoms with Crippen LogP contribution in [-0.4, -0.2) is 0 Å². The number of fused-ring (bicyclic) bond motifs is 3. The number of allylic oxidation sites excluding steroid dienone is 3. The van der Waals surface area contributed by atoms with Crippen LogP contribution in [0.25, 0.3) is 21.5 Å². The van der Waals surface area contributed by atoms with Crippen molar-refractivity contribution in [1.82, 2.24) is 0 Å². The maximum absolute atomic E-state index is 3.48. The van der Waals surface area contributed by atoms with E-state index in [-0.39, 0.29) is 7.43 Å². The van der Waals surface area contributed by atoms with Crippen LogP contribution in [0.1, 0.15) is 85.3 Å².